The van der Waals surface area contributed by atoms with Gasteiger partial charge in [0.05, 0.1) is 11.9 Å². The number of nitrogens with one attached hydrogen (secondary N) is 1. The zero-order chi connectivity index (χ0) is 14.2. The van der Waals surface area contributed by atoms with Crippen LogP contribution in [-0.2, 0) is 11.3 Å². The Kier molecular flexibility index (Phi) is 5.80. The topological polar surface area (TPSA) is 54.5 Å². The van der Waals surface area contributed by atoms with Gasteiger partial charge in [0.15, 0.2) is 6.61 Å². The molecule has 1 aromatic rings. The third-order valence-corrected chi connectivity index (χ3v) is 3.48. The SMILES string of the molecule is CNCc1ccc(OCC(=O)N2CCCCCC2)cn1. The fraction of sp³-hybridized carbons (Fsp3) is 0.600. The van der Waals surface area contributed by atoms with Gasteiger partial charge in [-0.05, 0) is 32.0 Å². The summed E-state index contributed by atoms with van der Waals surface area (Å²) >= 11 is 0. The van der Waals surface area contributed by atoms with Crippen molar-refractivity contribution in [2.24, 2.45) is 0 Å². The van der Waals surface area contributed by atoms with Crippen molar-refractivity contribution in [3.8, 4) is 5.75 Å². The molecule has 0 bridgehead atoms. The van der Waals surface area contributed by atoms with Gasteiger partial charge in [-0.2, -0.15) is 0 Å². The average molecular weight is 277 g/mol. The molecular formula is C15H23N3O2. The molecule has 20 heavy (non-hydrogen) atoms. The second-order valence-electron chi connectivity index (χ2n) is 5.10. The summed E-state index contributed by atoms with van der Waals surface area (Å²) in [5.74, 6) is 0.722. The molecule has 1 N–H and O–H groups in total. The first kappa shape index (κ1) is 14.8. The number of aromatic nitrogens is 1. The Labute approximate surface area is 120 Å². The molecule has 1 aliphatic heterocycles. The van der Waals surface area contributed by atoms with E-state index in [9.17, 15) is 4.79 Å². The molecule has 5 heteroatoms. The fourth-order valence-electron chi connectivity index (χ4n) is 2.34. The number of nitrogens with zero attached hydrogens (tertiary/aromatic N) is 2. The van der Waals surface area contributed by atoms with E-state index >= 15 is 0 Å². The van der Waals surface area contributed by atoms with Gasteiger partial charge in [-0.25, -0.2) is 0 Å². The molecule has 0 atom stereocenters. The van der Waals surface area contributed by atoms with Crippen LogP contribution in [0.1, 0.15) is 31.4 Å². The molecule has 1 fully saturated rings. The molecule has 0 saturated carbocycles. The van der Waals surface area contributed by atoms with Crippen molar-refractivity contribution in [1.29, 1.82) is 0 Å². The molecule has 5 nitrogen and oxygen atoms in total. The standard InChI is InChI=1S/C15H23N3O2/c1-16-10-13-6-7-14(11-17-13)20-12-15(19)18-8-4-2-3-5-9-18/h6-7,11,16H,2-5,8-10,12H2,1H3. The second-order valence-corrected chi connectivity index (χ2v) is 5.10. The molecule has 110 valence electrons. The molecule has 1 amide bonds. The van der Waals surface area contributed by atoms with Crippen molar-refractivity contribution >= 4 is 5.91 Å². The van der Waals surface area contributed by atoms with Gasteiger partial charge in [0.1, 0.15) is 5.75 Å². The number of likely N-dealkylation sites (tertiary alicyclic amines) is 1. The lowest BCUT2D eigenvalue weighted by Gasteiger charge is -2.20. The van der Waals surface area contributed by atoms with E-state index in [1.54, 1.807) is 6.20 Å². The number of carbonyl (C=O) groups excluding carboxylic acids is 1. The molecule has 0 aromatic carbocycles. The van der Waals surface area contributed by atoms with Crippen LogP contribution in [0.3, 0.4) is 0 Å². The van der Waals surface area contributed by atoms with Crippen LogP contribution in [0.2, 0.25) is 0 Å². The maximum atomic E-state index is 12.1. The van der Waals surface area contributed by atoms with Gasteiger partial charge in [-0.15, -0.1) is 0 Å². The predicted molar refractivity (Wildman–Crippen MR) is 77.5 cm³/mol. The average Bonchev–Trinajstić information content (AvgIpc) is 2.76. The second kappa shape index (κ2) is 7.85. The summed E-state index contributed by atoms with van der Waals surface area (Å²) in [6.07, 6.45) is 6.32. The number of amides is 1. The first-order chi connectivity index (χ1) is 9.79. The molecule has 0 radical (unpaired) electrons. The molecular weight excluding hydrogens is 254 g/mol. The van der Waals surface area contributed by atoms with E-state index in [0.717, 1.165) is 38.2 Å². The summed E-state index contributed by atoms with van der Waals surface area (Å²) in [7, 11) is 1.88. The van der Waals surface area contributed by atoms with Crippen molar-refractivity contribution in [2.75, 3.05) is 26.7 Å². The molecule has 0 aliphatic carbocycles. The number of rotatable bonds is 5. The lowest BCUT2D eigenvalue weighted by molar-refractivity contribution is -0.133. The molecule has 0 unspecified atom stereocenters. The van der Waals surface area contributed by atoms with Crippen molar-refractivity contribution in [1.82, 2.24) is 15.2 Å². The van der Waals surface area contributed by atoms with E-state index < -0.39 is 0 Å². The predicted octanol–water partition coefficient (Wildman–Crippen LogP) is 1.58. The van der Waals surface area contributed by atoms with Crippen molar-refractivity contribution in [3.63, 3.8) is 0 Å². The highest BCUT2D eigenvalue weighted by atomic mass is 16.5. The quantitative estimate of drug-likeness (QED) is 0.888. The minimum absolute atomic E-state index is 0.0752. The maximum Gasteiger partial charge on any atom is 0.260 e. The summed E-state index contributed by atoms with van der Waals surface area (Å²) < 4.78 is 5.52. The van der Waals surface area contributed by atoms with Crippen LogP contribution < -0.4 is 10.1 Å². The minimum Gasteiger partial charge on any atom is -0.482 e. The van der Waals surface area contributed by atoms with E-state index in [4.69, 9.17) is 4.74 Å². The molecule has 1 saturated heterocycles. The monoisotopic (exact) mass is 277 g/mol. The Balaban J connectivity index is 1.80. The summed E-state index contributed by atoms with van der Waals surface area (Å²) in [5, 5.41) is 3.04. The number of carbonyl (C=O) groups is 1. The molecule has 2 heterocycles. The van der Waals surface area contributed by atoms with Crippen LogP contribution in [0.15, 0.2) is 18.3 Å². The van der Waals surface area contributed by atoms with Crippen LogP contribution in [0.4, 0.5) is 0 Å². The van der Waals surface area contributed by atoms with Crippen molar-refractivity contribution in [2.45, 2.75) is 32.2 Å². The lowest BCUT2D eigenvalue weighted by atomic mass is 10.2. The van der Waals surface area contributed by atoms with E-state index in [0.29, 0.717) is 5.75 Å². The van der Waals surface area contributed by atoms with E-state index in [2.05, 4.69) is 10.3 Å². The fourth-order valence-corrected chi connectivity index (χ4v) is 2.34. The third-order valence-electron chi connectivity index (χ3n) is 3.48. The van der Waals surface area contributed by atoms with Crippen LogP contribution >= 0.6 is 0 Å². The Bertz CT molecular complexity index is 412. The Morgan fingerprint density at radius 1 is 1.30 bits per heavy atom. The van der Waals surface area contributed by atoms with Crippen LogP contribution in [0.25, 0.3) is 0 Å². The zero-order valence-corrected chi connectivity index (χ0v) is 12.1. The van der Waals surface area contributed by atoms with Gasteiger partial charge in [-0.3, -0.25) is 9.78 Å². The van der Waals surface area contributed by atoms with Crippen LogP contribution in [-0.4, -0.2) is 42.5 Å². The van der Waals surface area contributed by atoms with E-state index in [1.165, 1.54) is 12.8 Å². The van der Waals surface area contributed by atoms with Gasteiger partial charge < -0.3 is 15.0 Å². The molecule has 2 rings (SSSR count). The highest BCUT2D eigenvalue weighted by Crippen LogP contribution is 2.12. The number of hydrogen-bond donors (Lipinski definition) is 1. The number of hydrogen-bond acceptors (Lipinski definition) is 4. The van der Waals surface area contributed by atoms with Crippen molar-refractivity contribution < 1.29 is 9.53 Å². The molecule has 1 aromatic heterocycles. The van der Waals surface area contributed by atoms with Gasteiger partial charge in [0, 0.05) is 19.6 Å². The minimum atomic E-state index is 0.0752. The molecule has 1 aliphatic rings. The van der Waals surface area contributed by atoms with E-state index in [1.807, 2.05) is 24.1 Å². The summed E-state index contributed by atoms with van der Waals surface area (Å²) in [6.45, 7) is 2.56. The van der Waals surface area contributed by atoms with Gasteiger partial charge >= 0.3 is 0 Å². The summed E-state index contributed by atoms with van der Waals surface area (Å²) in [4.78, 5) is 18.2. The Morgan fingerprint density at radius 2 is 2.05 bits per heavy atom. The number of pyridine rings is 1. The zero-order valence-electron chi connectivity index (χ0n) is 12.1. The lowest BCUT2D eigenvalue weighted by Crippen LogP contribution is -2.35. The van der Waals surface area contributed by atoms with E-state index in [-0.39, 0.29) is 12.5 Å². The van der Waals surface area contributed by atoms with Crippen molar-refractivity contribution in [3.05, 3.63) is 24.0 Å². The summed E-state index contributed by atoms with van der Waals surface area (Å²) in [5.41, 5.74) is 0.957. The van der Waals surface area contributed by atoms with Gasteiger partial charge in [0.2, 0.25) is 0 Å². The summed E-state index contributed by atoms with van der Waals surface area (Å²) in [6, 6.07) is 3.76. The Hall–Kier alpha value is -1.62. The van der Waals surface area contributed by atoms with Crippen LogP contribution in [0.5, 0.6) is 5.75 Å². The third kappa shape index (κ3) is 4.49. The highest BCUT2D eigenvalue weighted by molar-refractivity contribution is 5.77. The maximum absolute atomic E-state index is 12.1. The van der Waals surface area contributed by atoms with Gasteiger partial charge in [-0.1, -0.05) is 12.8 Å². The highest BCUT2D eigenvalue weighted by Gasteiger charge is 2.15. The molecule has 0 spiro atoms. The first-order valence-electron chi connectivity index (χ1n) is 7.29. The van der Waals surface area contributed by atoms with Gasteiger partial charge in [0.25, 0.3) is 5.91 Å². The number of ether oxygens (including phenoxy) is 1. The first-order valence-corrected chi connectivity index (χ1v) is 7.29. The Morgan fingerprint density at radius 3 is 2.65 bits per heavy atom. The normalized spacial score (nSPS) is 15.8. The largest absolute Gasteiger partial charge is 0.482 e. The smallest absolute Gasteiger partial charge is 0.260 e. The van der Waals surface area contributed by atoms with Crippen LogP contribution in [0, 0.1) is 0 Å².